The zero-order chi connectivity index (χ0) is 17.8. The summed E-state index contributed by atoms with van der Waals surface area (Å²) in [5.41, 5.74) is 1.79. The highest BCUT2D eigenvalue weighted by Gasteiger charge is 2.12. The largest absolute Gasteiger partial charge is 0.492 e. The van der Waals surface area contributed by atoms with E-state index in [0.29, 0.717) is 23.6 Å². The average Bonchev–Trinajstić information content (AvgIpc) is 2.61. The molecule has 1 heterocycles. The molecule has 1 aromatic heterocycles. The van der Waals surface area contributed by atoms with E-state index in [1.54, 1.807) is 19.1 Å². The van der Waals surface area contributed by atoms with Crippen molar-refractivity contribution in [2.24, 2.45) is 0 Å². The molecule has 1 amide bonds. The lowest BCUT2D eigenvalue weighted by atomic mass is 10.1. The molecule has 0 aliphatic heterocycles. The summed E-state index contributed by atoms with van der Waals surface area (Å²) in [5.74, 6) is 0.338. The smallest absolute Gasteiger partial charge is 0.254 e. The zero-order valence-corrected chi connectivity index (χ0v) is 14.3. The maximum absolute atomic E-state index is 12.5. The fraction of sp³-hybridized carbons (Fsp3) is 0.200. The van der Waals surface area contributed by atoms with Gasteiger partial charge in [-0.3, -0.25) is 14.2 Å². The van der Waals surface area contributed by atoms with Crippen molar-refractivity contribution in [3.8, 4) is 5.75 Å². The van der Waals surface area contributed by atoms with Crippen LogP contribution in [0.3, 0.4) is 0 Å². The van der Waals surface area contributed by atoms with Gasteiger partial charge in [-0.25, -0.2) is 0 Å². The number of amides is 1. The van der Waals surface area contributed by atoms with Gasteiger partial charge in [-0.2, -0.15) is 0 Å². The van der Waals surface area contributed by atoms with Crippen molar-refractivity contribution in [2.75, 3.05) is 11.9 Å². The molecule has 2 aromatic carbocycles. The molecule has 0 atom stereocenters. The van der Waals surface area contributed by atoms with Gasteiger partial charge in [0.15, 0.2) is 0 Å². The monoisotopic (exact) mass is 336 g/mol. The third kappa shape index (κ3) is 3.55. The van der Waals surface area contributed by atoms with E-state index in [9.17, 15) is 9.59 Å². The van der Waals surface area contributed by atoms with Crippen molar-refractivity contribution in [1.82, 2.24) is 4.57 Å². The van der Waals surface area contributed by atoms with Crippen molar-refractivity contribution < 1.29 is 9.53 Å². The Morgan fingerprint density at radius 3 is 2.64 bits per heavy atom. The normalized spacial score (nSPS) is 10.6. The molecule has 0 spiro atoms. The number of rotatable bonds is 5. The van der Waals surface area contributed by atoms with Crippen LogP contribution in [0.25, 0.3) is 10.9 Å². The van der Waals surface area contributed by atoms with E-state index in [2.05, 4.69) is 5.32 Å². The van der Waals surface area contributed by atoms with Gasteiger partial charge in [0.2, 0.25) is 5.91 Å². The number of ether oxygens (including phenoxy) is 1. The maximum atomic E-state index is 12.5. The molecule has 3 rings (SSSR count). The van der Waals surface area contributed by atoms with Crippen LogP contribution in [0.5, 0.6) is 5.75 Å². The van der Waals surface area contributed by atoms with E-state index in [1.807, 2.05) is 49.4 Å². The summed E-state index contributed by atoms with van der Waals surface area (Å²) < 4.78 is 7.02. The number of aromatic nitrogens is 1. The average molecular weight is 336 g/mol. The van der Waals surface area contributed by atoms with Crippen LogP contribution in [-0.4, -0.2) is 17.1 Å². The fourth-order valence-electron chi connectivity index (χ4n) is 2.81. The quantitative estimate of drug-likeness (QED) is 0.777. The zero-order valence-electron chi connectivity index (χ0n) is 14.3. The summed E-state index contributed by atoms with van der Waals surface area (Å²) in [6.07, 6.45) is 0. The third-order valence-electron chi connectivity index (χ3n) is 3.94. The van der Waals surface area contributed by atoms with Gasteiger partial charge in [-0.05, 0) is 43.5 Å². The van der Waals surface area contributed by atoms with E-state index in [-0.39, 0.29) is 18.0 Å². The molecule has 0 aliphatic rings. The Morgan fingerprint density at radius 1 is 1.12 bits per heavy atom. The molecule has 0 bridgehead atoms. The number of benzene rings is 2. The Labute approximate surface area is 145 Å². The lowest BCUT2D eigenvalue weighted by molar-refractivity contribution is -0.116. The number of pyridine rings is 1. The Hall–Kier alpha value is -3.08. The number of fused-ring (bicyclic) bond motifs is 1. The number of nitrogens with one attached hydrogen (secondary N) is 1. The van der Waals surface area contributed by atoms with Crippen LogP contribution in [-0.2, 0) is 11.3 Å². The van der Waals surface area contributed by atoms with Gasteiger partial charge < -0.3 is 10.1 Å². The Kier molecular flexibility index (Phi) is 4.84. The van der Waals surface area contributed by atoms with Crippen molar-refractivity contribution in [1.29, 1.82) is 0 Å². The molecular weight excluding hydrogens is 316 g/mol. The number of carbonyl (C=O) groups excluding carboxylic acids is 1. The maximum Gasteiger partial charge on any atom is 0.254 e. The first kappa shape index (κ1) is 16.8. The minimum absolute atomic E-state index is 0.0541. The van der Waals surface area contributed by atoms with Crippen molar-refractivity contribution in [3.63, 3.8) is 0 Å². The number of para-hydroxylation sites is 3. The minimum atomic E-state index is -0.273. The number of carbonyl (C=O) groups is 1. The predicted octanol–water partition coefficient (Wildman–Crippen LogP) is 3.35. The predicted molar refractivity (Wildman–Crippen MR) is 99.2 cm³/mol. The summed E-state index contributed by atoms with van der Waals surface area (Å²) >= 11 is 0. The molecule has 128 valence electrons. The molecule has 0 unspecified atom stereocenters. The standard InChI is InChI=1S/C20H20N2O3/c1-3-25-18-11-7-5-9-16(18)21-19(23)13-22-17-10-6-4-8-15(17)12-14(2)20(22)24/h4-12H,3,13H2,1-2H3,(H,21,23). The van der Waals surface area contributed by atoms with Gasteiger partial charge in [0.05, 0.1) is 17.8 Å². The van der Waals surface area contributed by atoms with Gasteiger partial charge in [-0.15, -0.1) is 0 Å². The molecular formula is C20H20N2O3. The van der Waals surface area contributed by atoms with E-state index < -0.39 is 0 Å². The summed E-state index contributed by atoms with van der Waals surface area (Å²) in [6, 6.07) is 16.6. The number of nitrogens with zero attached hydrogens (tertiary/aromatic N) is 1. The van der Waals surface area contributed by atoms with Gasteiger partial charge in [0, 0.05) is 5.56 Å². The number of hydrogen-bond acceptors (Lipinski definition) is 3. The van der Waals surface area contributed by atoms with Crippen molar-refractivity contribution in [2.45, 2.75) is 20.4 Å². The first-order valence-corrected chi connectivity index (χ1v) is 8.21. The third-order valence-corrected chi connectivity index (χ3v) is 3.94. The van der Waals surface area contributed by atoms with Crippen LogP contribution in [0, 0.1) is 6.92 Å². The Bertz CT molecular complexity index is 976. The van der Waals surface area contributed by atoms with Crippen LogP contribution >= 0.6 is 0 Å². The van der Waals surface area contributed by atoms with E-state index in [4.69, 9.17) is 4.74 Å². The molecule has 0 fully saturated rings. The molecule has 1 N–H and O–H groups in total. The number of aryl methyl sites for hydroxylation is 1. The van der Waals surface area contributed by atoms with Crippen LogP contribution in [0.1, 0.15) is 12.5 Å². The lowest BCUT2D eigenvalue weighted by Crippen LogP contribution is -2.29. The number of anilines is 1. The van der Waals surface area contributed by atoms with Crippen molar-refractivity contribution >= 4 is 22.5 Å². The van der Waals surface area contributed by atoms with Crippen LogP contribution in [0.2, 0.25) is 0 Å². The summed E-state index contributed by atoms with van der Waals surface area (Å²) in [4.78, 5) is 25.0. The van der Waals surface area contributed by atoms with Crippen LogP contribution < -0.4 is 15.6 Å². The van der Waals surface area contributed by atoms with Gasteiger partial charge in [-0.1, -0.05) is 30.3 Å². The first-order valence-electron chi connectivity index (χ1n) is 8.21. The molecule has 5 heteroatoms. The SMILES string of the molecule is CCOc1ccccc1NC(=O)Cn1c(=O)c(C)cc2ccccc21. The molecule has 0 aliphatic carbocycles. The lowest BCUT2D eigenvalue weighted by Gasteiger charge is -2.14. The molecule has 0 saturated carbocycles. The highest BCUT2D eigenvalue weighted by Crippen LogP contribution is 2.23. The second kappa shape index (κ2) is 7.21. The van der Waals surface area contributed by atoms with Gasteiger partial charge >= 0.3 is 0 Å². The van der Waals surface area contributed by atoms with E-state index >= 15 is 0 Å². The van der Waals surface area contributed by atoms with E-state index in [0.717, 1.165) is 10.9 Å². The highest BCUT2D eigenvalue weighted by atomic mass is 16.5. The van der Waals surface area contributed by atoms with Gasteiger partial charge in [0.25, 0.3) is 5.56 Å². The molecule has 3 aromatic rings. The second-order valence-corrected chi connectivity index (χ2v) is 5.75. The Balaban J connectivity index is 1.91. The molecule has 0 saturated heterocycles. The van der Waals surface area contributed by atoms with Gasteiger partial charge in [0.1, 0.15) is 12.3 Å². The molecule has 0 radical (unpaired) electrons. The first-order chi connectivity index (χ1) is 12.1. The number of hydrogen-bond donors (Lipinski definition) is 1. The summed E-state index contributed by atoms with van der Waals surface area (Å²) in [5, 5.41) is 3.76. The highest BCUT2D eigenvalue weighted by molar-refractivity contribution is 5.93. The molecule has 5 nitrogen and oxygen atoms in total. The molecule has 25 heavy (non-hydrogen) atoms. The van der Waals surface area contributed by atoms with Crippen LogP contribution in [0.4, 0.5) is 5.69 Å². The Morgan fingerprint density at radius 2 is 1.84 bits per heavy atom. The second-order valence-electron chi connectivity index (χ2n) is 5.75. The summed E-state index contributed by atoms with van der Waals surface area (Å²) in [6.45, 7) is 4.10. The van der Waals surface area contributed by atoms with E-state index in [1.165, 1.54) is 4.57 Å². The fourth-order valence-corrected chi connectivity index (χ4v) is 2.81. The summed E-state index contributed by atoms with van der Waals surface area (Å²) in [7, 11) is 0. The van der Waals surface area contributed by atoms with Crippen LogP contribution in [0.15, 0.2) is 59.4 Å². The topological polar surface area (TPSA) is 60.3 Å². The van der Waals surface area contributed by atoms with Crippen molar-refractivity contribution in [3.05, 3.63) is 70.5 Å². The minimum Gasteiger partial charge on any atom is -0.492 e.